The summed E-state index contributed by atoms with van der Waals surface area (Å²) in [6, 6.07) is 6.88. The van der Waals surface area contributed by atoms with E-state index in [0.29, 0.717) is 12.1 Å². The van der Waals surface area contributed by atoms with Crippen LogP contribution in [0.15, 0.2) is 24.3 Å². The lowest BCUT2D eigenvalue weighted by Crippen LogP contribution is -2.23. The van der Waals surface area contributed by atoms with E-state index in [0.717, 1.165) is 23.7 Å². The first-order valence-corrected chi connectivity index (χ1v) is 7.90. The van der Waals surface area contributed by atoms with Gasteiger partial charge in [0.15, 0.2) is 0 Å². The third kappa shape index (κ3) is 3.98. The Balaban J connectivity index is 2.06. The standard InChI is InChI=1S/C15H21FN4S/c1-4-9-17-15-14(18-19-21-15)10-20(3)11(2)12-7-5-6-8-13(12)16/h5-8,11,17H,4,9-10H2,1-3H3. The van der Waals surface area contributed by atoms with Crippen molar-refractivity contribution >= 4 is 16.5 Å². The summed E-state index contributed by atoms with van der Waals surface area (Å²) in [7, 11) is 1.97. The summed E-state index contributed by atoms with van der Waals surface area (Å²) >= 11 is 1.37. The molecule has 0 radical (unpaired) electrons. The van der Waals surface area contributed by atoms with Crippen LogP contribution in [0.5, 0.6) is 0 Å². The van der Waals surface area contributed by atoms with Gasteiger partial charge in [-0.05, 0) is 26.5 Å². The minimum absolute atomic E-state index is 0.0214. The highest BCUT2D eigenvalue weighted by molar-refractivity contribution is 7.10. The molecule has 0 fully saturated rings. The number of nitrogens with zero attached hydrogens (tertiary/aromatic N) is 3. The molecule has 0 spiro atoms. The van der Waals surface area contributed by atoms with Gasteiger partial charge in [0.25, 0.3) is 0 Å². The van der Waals surface area contributed by atoms with E-state index in [1.807, 2.05) is 26.1 Å². The minimum atomic E-state index is -0.169. The average Bonchev–Trinajstić information content (AvgIpc) is 2.92. The van der Waals surface area contributed by atoms with Gasteiger partial charge < -0.3 is 5.32 Å². The topological polar surface area (TPSA) is 41.1 Å². The van der Waals surface area contributed by atoms with Gasteiger partial charge in [0.2, 0.25) is 0 Å². The molecule has 4 nitrogen and oxygen atoms in total. The van der Waals surface area contributed by atoms with Gasteiger partial charge in [-0.15, -0.1) is 5.10 Å². The maximum atomic E-state index is 13.9. The van der Waals surface area contributed by atoms with Crippen LogP contribution < -0.4 is 5.32 Å². The molecule has 114 valence electrons. The molecule has 0 bridgehead atoms. The smallest absolute Gasteiger partial charge is 0.134 e. The van der Waals surface area contributed by atoms with Crippen LogP contribution in [-0.2, 0) is 6.54 Å². The van der Waals surface area contributed by atoms with Gasteiger partial charge in [-0.3, -0.25) is 4.90 Å². The lowest BCUT2D eigenvalue weighted by atomic mass is 10.1. The second kappa shape index (κ2) is 7.47. The van der Waals surface area contributed by atoms with Gasteiger partial charge in [0.05, 0.1) is 0 Å². The zero-order chi connectivity index (χ0) is 15.2. The van der Waals surface area contributed by atoms with E-state index in [4.69, 9.17) is 0 Å². The summed E-state index contributed by atoms with van der Waals surface area (Å²) in [6.45, 7) is 5.66. The van der Waals surface area contributed by atoms with Gasteiger partial charge in [-0.25, -0.2) is 4.39 Å². The SMILES string of the molecule is CCCNc1snnc1CN(C)C(C)c1ccccc1F. The van der Waals surface area contributed by atoms with Gasteiger partial charge >= 0.3 is 0 Å². The van der Waals surface area contributed by atoms with Crippen LogP contribution in [0.1, 0.15) is 37.6 Å². The van der Waals surface area contributed by atoms with Crippen LogP contribution >= 0.6 is 11.5 Å². The molecular weight excluding hydrogens is 287 g/mol. The number of anilines is 1. The zero-order valence-corrected chi connectivity index (χ0v) is 13.5. The molecule has 1 heterocycles. The Kier molecular flexibility index (Phi) is 5.64. The van der Waals surface area contributed by atoms with E-state index < -0.39 is 0 Å². The third-order valence-corrected chi connectivity index (χ3v) is 4.23. The second-order valence-electron chi connectivity index (χ2n) is 5.09. The normalized spacial score (nSPS) is 12.6. The lowest BCUT2D eigenvalue weighted by molar-refractivity contribution is 0.245. The predicted molar refractivity (Wildman–Crippen MR) is 85.0 cm³/mol. The molecule has 0 saturated heterocycles. The molecule has 1 atom stereocenters. The fraction of sp³-hybridized carbons (Fsp3) is 0.467. The molecular formula is C15H21FN4S. The second-order valence-corrected chi connectivity index (χ2v) is 5.84. The highest BCUT2D eigenvalue weighted by Gasteiger charge is 2.18. The minimum Gasteiger partial charge on any atom is -0.374 e. The van der Waals surface area contributed by atoms with Crippen LogP contribution in [-0.4, -0.2) is 28.1 Å². The highest BCUT2D eigenvalue weighted by Crippen LogP contribution is 2.25. The Morgan fingerprint density at radius 3 is 2.86 bits per heavy atom. The summed E-state index contributed by atoms with van der Waals surface area (Å²) in [5.41, 5.74) is 1.62. The van der Waals surface area contributed by atoms with Gasteiger partial charge in [-0.1, -0.05) is 29.6 Å². The summed E-state index contributed by atoms with van der Waals surface area (Å²) in [5, 5.41) is 8.51. The Morgan fingerprint density at radius 2 is 2.14 bits per heavy atom. The highest BCUT2D eigenvalue weighted by atomic mass is 32.1. The molecule has 1 N–H and O–H groups in total. The van der Waals surface area contributed by atoms with E-state index in [2.05, 4.69) is 26.7 Å². The first kappa shape index (κ1) is 15.9. The number of aromatic nitrogens is 2. The zero-order valence-electron chi connectivity index (χ0n) is 12.6. The Morgan fingerprint density at radius 1 is 1.38 bits per heavy atom. The van der Waals surface area contributed by atoms with Crippen molar-refractivity contribution in [2.45, 2.75) is 32.9 Å². The quantitative estimate of drug-likeness (QED) is 0.847. The van der Waals surface area contributed by atoms with Crippen LogP contribution in [0.2, 0.25) is 0 Å². The summed E-state index contributed by atoms with van der Waals surface area (Å²) in [6.07, 6.45) is 1.05. The van der Waals surface area contributed by atoms with E-state index in [1.165, 1.54) is 17.6 Å². The van der Waals surface area contributed by atoms with E-state index in [9.17, 15) is 4.39 Å². The molecule has 2 rings (SSSR count). The maximum absolute atomic E-state index is 13.9. The van der Waals surface area contributed by atoms with Crippen molar-refractivity contribution in [2.24, 2.45) is 0 Å². The van der Waals surface area contributed by atoms with Crippen LogP contribution in [0.3, 0.4) is 0 Å². The molecule has 21 heavy (non-hydrogen) atoms. The van der Waals surface area contributed by atoms with Gasteiger partial charge in [0.1, 0.15) is 16.5 Å². The number of nitrogens with one attached hydrogen (secondary N) is 1. The Hall–Kier alpha value is -1.53. The van der Waals surface area contributed by atoms with Crippen LogP contribution in [0, 0.1) is 5.82 Å². The number of halogens is 1. The number of benzene rings is 1. The van der Waals surface area contributed by atoms with Crippen molar-refractivity contribution in [3.63, 3.8) is 0 Å². The monoisotopic (exact) mass is 308 g/mol. The Labute approximate surface area is 129 Å². The number of hydrogen-bond acceptors (Lipinski definition) is 5. The molecule has 0 saturated carbocycles. The molecule has 1 unspecified atom stereocenters. The molecule has 0 aliphatic carbocycles. The van der Waals surface area contributed by atoms with Crippen LogP contribution in [0.4, 0.5) is 9.39 Å². The van der Waals surface area contributed by atoms with E-state index in [-0.39, 0.29) is 11.9 Å². The average molecular weight is 308 g/mol. The van der Waals surface area contributed by atoms with Crippen molar-refractivity contribution < 1.29 is 4.39 Å². The fourth-order valence-electron chi connectivity index (χ4n) is 2.11. The van der Waals surface area contributed by atoms with Crippen molar-refractivity contribution in [1.29, 1.82) is 0 Å². The number of rotatable bonds is 7. The fourth-order valence-corrected chi connectivity index (χ4v) is 2.71. The molecule has 1 aromatic carbocycles. The van der Waals surface area contributed by atoms with Crippen molar-refractivity contribution in [3.8, 4) is 0 Å². The summed E-state index contributed by atoms with van der Waals surface area (Å²) < 4.78 is 17.9. The first-order chi connectivity index (χ1) is 10.1. The predicted octanol–water partition coefficient (Wildman–Crippen LogP) is 3.69. The number of hydrogen-bond donors (Lipinski definition) is 1. The van der Waals surface area contributed by atoms with Crippen molar-refractivity contribution in [2.75, 3.05) is 18.9 Å². The molecule has 0 aliphatic rings. The van der Waals surface area contributed by atoms with Gasteiger partial charge in [-0.2, -0.15) is 0 Å². The maximum Gasteiger partial charge on any atom is 0.134 e. The van der Waals surface area contributed by atoms with Gasteiger partial charge in [0, 0.05) is 36.2 Å². The lowest BCUT2D eigenvalue weighted by Gasteiger charge is -2.24. The van der Waals surface area contributed by atoms with Crippen LogP contribution in [0.25, 0.3) is 0 Å². The van der Waals surface area contributed by atoms with Crippen molar-refractivity contribution in [1.82, 2.24) is 14.5 Å². The summed E-state index contributed by atoms with van der Waals surface area (Å²) in [5.74, 6) is -0.169. The first-order valence-electron chi connectivity index (χ1n) is 7.13. The summed E-state index contributed by atoms with van der Waals surface area (Å²) in [4.78, 5) is 2.08. The Bertz CT molecular complexity index is 572. The third-order valence-electron chi connectivity index (χ3n) is 3.51. The molecule has 2 aromatic rings. The van der Waals surface area contributed by atoms with E-state index >= 15 is 0 Å². The molecule has 6 heteroatoms. The molecule has 0 amide bonds. The molecule has 0 aliphatic heterocycles. The van der Waals surface area contributed by atoms with E-state index in [1.54, 1.807) is 6.07 Å². The molecule has 1 aromatic heterocycles. The largest absolute Gasteiger partial charge is 0.374 e. The van der Waals surface area contributed by atoms with Crippen molar-refractivity contribution in [3.05, 3.63) is 41.3 Å².